The Morgan fingerprint density at radius 1 is 0.903 bits per heavy atom. The number of aryl methyl sites for hydroxylation is 1. The first kappa shape index (κ1) is 20.7. The number of aliphatic carboxylic acids is 1. The molecule has 3 aromatic rings. The lowest BCUT2D eigenvalue weighted by Gasteiger charge is -2.44. The maximum absolute atomic E-state index is 12.8. The molecule has 0 unspecified atom stereocenters. The predicted octanol–water partition coefficient (Wildman–Crippen LogP) is 4.49. The lowest BCUT2D eigenvalue weighted by molar-refractivity contribution is -0.149. The van der Waals surface area contributed by atoms with Gasteiger partial charge in [0, 0.05) is 5.69 Å². The fourth-order valence-electron chi connectivity index (χ4n) is 3.93. The molecule has 0 bridgehead atoms. The van der Waals surface area contributed by atoms with Gasteiger partial charge in [0.1, 0.15) is 18.4 Å². The molecule has 0 saturated carbocycles. The Morgan fingerprint density at radius 2 is 1.55 bits per heavy atom. The van der Waals surface area contributed by atoms with Crippen molar-refractivity contribution in [3.05, 3.63) is 95.6 Å². The highest BCUT2D eigenvalue weighted by molar-refractivity contribution is 6.10. The second-order valence-corrected chi connectivity index (χ2v) is 7.74. The molecule has 1 N–H and O–H groups in total. The van der Waals surface area contributed by atoms with E-state index in [1.165, 1.54) is 4.90 Å². The Kier molecular flexibility index (Phi) is 6.03. The topological polar surface area (TPSA) is 66.8 Å². The highest BCUT2D eigenvalue weighted by Gasteiger charge is 2.52. The van der Waals surface area contributed by atoms with E-state index in [-0.39, 0.29) is 5.91 Å². The number of ether oxygens (including phenoxy) is 1. The monoisotopic (exact) mass is 415 g/mol. The number of carbonyl (C=O) groups is 2. The number of benzene rings is 3. The minimum atomic E-state index is -0.980. The maximum atomic E-state index is 12.8. The van der Waals surface area contributed by atoms with Crippen molar-refractivity contribution in [2.45, 2.75) is 32.4 Å². The van der Waals surface area contributed by atoms with Gasteiger partial charge in [-0.05, 0) is 53.8 Å². The third kappa shape index (κ3) is 4.45. The summed E-state index contributed by atoms with van der Waals surface area (Å²) in [6, 6.07) is 24.1. The Balaban J connectivity index is 1.41. The molecule has 2 atom stereocenters. The van der Waals surface area contributed by atoms with E-state index in [1.807, 2.05) is 78.9 Å². The average molecular weight is 415 g/mol. The molecule has 3 aromatic carbocycles. The van der Waals surface area contributed by atoms with Crippen molar-refractivity contribution in [1.29, 1.82) is 0 Å². The number of rotatable bonds is 8. The molecule has 1 fully saturated rings. The summed E-state index contributed by atoms with van der Waals surface area (Å²) in [7, 11) is 0. The van der Waals surface area contributed by atoms with Gasteiger partial charge < -0.3 is 9.84 Å². The third-order valence-corrected chi connectivity index (χ3v) is 5.72. The van der Waals surface area contributed by atoms with E-state index in [0.29, 0.717) is 18.7 Å². The van der Waals surface area contributed by atoms with E-state index in [1.54, 1.807) is 0 Å². The van der Waals surface area contributed by atoms with Crippen LogP contribution in [0.25, 0.3) is 0 Å². The lowest BCUT2D eigenvalue weighted by atomic mass is 9.81. The van der Waals surface area contributed by atoms with Gasteiger partial charge in [0.15, 0.2) is 0 Å². The van der Waals surface area contributed by atoms with Crippen LogP contribution >= 0.6 is 0 Å². The molecular formula is C26H25NO4. The summed E-state index contributed by atoms with van der Waals surface area (Å²) in [5, 5.41) is 9.74. The van der Waals surface area contributed by atoms with Crippen molar-refractivity contribution in [2.24, 2.45) is 5.92 Å². The fraction of sp³-hybridized carbons (Fsp3) is 0.231. The summed E-state index contributed by atoms with van der Waals surface area (Å²) in [4.78, 5) is 26.1. The number of β-lactam (4-membered cyclic amide) rings is 1. The van der Waals surface area contributed by atoms with Gasteiger partial charge >= 0.3 is 5.97 Å². The van der Waals surface area contributed by atoms with Gasteiger partial charge in [-0.1, -0.05) is 61.5 Å². The number of carbonyl (C=O) groups excluding carboxylic acids is 1. The SMILES string of the molecule is CCc1ccc(N2C(=O)[C@@H](Cc3ccc(OCc4ccccc4)cc3)[C@H]2C(=O)O)cc1. The lowest BCUT2D eigenvalue weighted by Crippen LogP contribution is -2.65. The normalized spacial score (nSPS) is 17.8. The standard InChI is InChI=1S/C26H25NO4/c1-2-18-8-12-21(13-9-18)27-24(26(29)30)23(25(27)28)16-19-10-14-22(15-11-19)31-17-20-6-4-3-5-7-20/h3-15,23-24H,2,16-17H2,1H3,(H,29,30)/t23-,24-/m0/s1. The van der Waals surface area contributed by atoms with E-state index < -0.39 is 17.9 Å². The summed E-state index contributed by atoms with van der Waals surface area (Å²) < 4.78 is 5.80. The summed E-state index contributed by atoms with van der Waals surface area (Å²) >= 11 is 0. The minimum Gasteiger partial charge on any atom is -0.489 e. The first-order valence-corrected chi connectivity index (χ1v) is 10.5. The van der Waals surface area contributed by atoms with Crippen LogP contribution < -0.4 is 9.64 Å². The maximum Gasteiger partial charge on any atom is 0.327 e. The molecule has 31 heavy (non-hydrogen) atoms. The number of hydrogen-bond acceptors (Lipinski definition) is 3. The van der Waals surface area contributed by atoms with Gasteiger partial charge in [-0.3, -0.25) is 9.69 Å². The molecule has 5 heteroatoms. The fourth-order valence-corrected chi connectivity index (χ4v) is 3.93. The highest BCUT2D eigenvalue weighted by atomic mass is 16.5. The first-order chi connectivity index (χ1) is 15.1. The van der Waals surface area contributed by atoms with Crippen molar-refractivity contribution in [3.8, 4) is 5.75 Å². The summed E-state index contributed by atoms with van der Waals surface area (Å²) in [6.07, 6.45) is 1.28. The minimum absolute atomic E-state index is 0.152. The average Bonchev–Trinajstić information content (AvgIpc) is 2.80. The van der Waals surface area contributed by atoms with Crippen LogP contribution in [0.4, 0.5) is 5.69 Å². The quantitative estimate of drug-likeness (QED) is 0.551. The molecule has 0 spiro atoms. The molecule has 0 radical (unpaired) electrons. The smallest absolute Gasteiger partial charge is 0.327 e. The molecule has 5 nitrogen and oxygen atoms in total. The molecule has 4 rings (SSSR count). The van der Waals surface area contributed by atoms with Crippen molar-refractivity contribution >= 4 is 17.6 Å². The van der Waals surface area contributed by atoms with Crippen LogP contribution in [0.1, 0.15) is 23.6 Å². The molecule has 1 amide bonds. The molecule has 0 aliphatic carbocycles. The summed E-state index contributed by atoms with van der Waals surface area (Å²) in [5.41, 5.74) is 3.78. The molecule has 1 saturated heterocycles. The number of anilines is 1. The number of hydrogen-bond donors (Lipinski definition) is 1. The van der Waals surface area contributed by atoms with E-state index in [9.17, 15) is 14.7 Å². The highest BCUT2D eigenvalue weighted by Crippen LogP contribution is 2.35. The zero-order valence-electron chi connectivity index (χ0n) is 17.4. The third-order valence-electron chi connectivity index (χ3n) is 5.72. The van der Waals surface area contributed by atoms with Crippen molar-refractivity contribution < 1.29 is 19.4 Å². The van der Waals surface area contributed by atoms with Gasteiger partial charge in [-0.2, -0.15) is 0 Å². The van der Waals surface area contributed by atoms with Crippen LogP contribution in [0, 0.1) is 5.92 Å². The Hall–Kier alpha value is -3.60. The second kappa shape index (κ2) is 9.04. The predicted molar refractivity (Wildman–Crippen MR) is 119 cm³/mol. The number of amides is 1. The Bertz CT molecular complexity index is 1050. The molecule has 158 valence electrons. The largest absolute Gasteiger partial charge is 0.489 e. The molecular weight excluding hydrogens is 390 g/mol. The zero-order valence-corrected chi connectivity index (χ0v) is 17.4. The van der Waals surface area contributed by atoms with Gasteiger partial charge in [0.2, 0.25) is 5.91 Å². The van der Waals surface area contributed by atoms with Crippen LogP contribution in [0.5, 0.6) is 5.75 Å². The van der Waals surface area contributed by atoms with Crippen LogP contribution in [-0.2, 0) is 29.0 Å². The van der Waals surface area contributed by atoms with Crippen LogP contribution in [-0.4, -0.2) is 23.0 Å². The van der Waals surface area contributed by atoms with Crippen molar-refractivity contribution in [2.75, 3.05) is 4.90 Å². The Labute approximate surface area is 181 Å². The van der Waals surface area contributed by atoms with Crippen LogP contribution in [0.2, 0.25) is 0 Å². The van der Waals surface area contributed by atoms with Crippen molar-refractivity contribution in [1.82, 2.24) is 0 Å². The number of nitrogens with zero attached hydrogens (tertiary/aromatic N) is 1. The van der Waals surface area contributed by atoms with E-state index in [0.717, 1.165) is 28.9 Å². The summed E-state index contributed by atoms with van der Waals surface area (Å²) in [5.74, 6) is -0.965. The molecule has 1 heterocycles. The van der Waals surface area contributed by atoms with E-state index in [2.05, 4.69) is 6.92 Å². The van der Waals surface area contributed by atoms with E-state index >= 15 is 0 Å². The molecule has 1 aliphatic heterocycles. The number of carboxylic acids is 1. The second-order valence-electron chi connectivity index (χ2n) is 7.74. The van der Waals surface area contributed by atoms with Crippen LogP contribution in [0.3, 0.4) is 0 Å². The molecule has 1 aliphatic rings. The number of carboxylic acid groups (broad SMARTS) is 1. The van der Waals surface area contributed by atoms with Crippen LogP contribution in [0.15, 0.2) is 78.9 Å². The van der Waals surface area contributed by atoms with Gasteiger partial charge in [-0.15, -0.1) is 0 Å². The van der Waals surface area contributed by atoms with Gasteiger partial charge in [0.05, 0.1) is 5.92 Å². The van der Waals surface area contributed by atoms with Gasteiger partial charge in [-0.25, -0.2) is 4.79 Å². The van der Waals surface area contributed by atoms with Crippen molar-refractivity contribution in [3.63, 3.8) is 0 Å². The van der Waals surface area contributed by atoms with Gasteiger partial charge in [0.25, 0.3) is 0 Å². The Morgan fingerprint density at radius 3 is 2.16 bits per heavy atom. The first-order valence-electron chi connectivity index (χ1n) is 10.5. The molecule has 0 aromatic heterocycles. The zero-order chi connectivity index (χ0) is 21.8. The van der Waals surface area contributed by atoms with E-state index in [4.69, 9.17) is 4.74 Å². The summed E-state index contributed by atoms with van der Waals surface area (Å²) in [6.45, 7) is 2.53.